The number of rotatable bonds is 6. The van der Waals surface area contributed by atoms with E-state index in [4.69, 9.17) is 4.74 Å². The Kier molecular flexibility index (Phi) is 4.91. The van der Waals surface area contributed by atoms with Gasteiger partial charge in [0.15, 0.2) is 11.4 Å². The average molecular weight is 387 g/mol. The minimum atomic E-state index is -1.89. The molecule has 0 spiro atoms. The molecule has 1 aliphatic heterocycles. The molecule has 0 unspecified atom stereocenters. The van der Waals surface area contributed by atoms with E-state index in [1.807, 2.05) is 36.4 Å². The fourth-order valence-corrected chi connectivity index (χ4v) is 3.71. The van der Waals surface area contributed by atoms with Crippen LogP contribution in [0.2, 0.25) is 0 Å². The highest BCUT2D eigenvalue weighted by molar-refractivity contribution is 6.10. The Balaban J connectivity index is 1.65. The number of anilines is 1. The first kappa shape index (κ1) is 18.9. The van der Waals surface area contributed by atoms with Crippen LogP contribution in [-0.2, 0) is 16.9 Å². The fraction of sp³-hybridized carbons (Fsp3) is 0.167. The van der Waals surface area contributed by atoms with Crippen LogP contribution in [0.15, 0.2) is 78.9 Å². The molecule has 1 heterocycles. The lowest BCUT2D eigenvalue weighted by Crippen LogP contribution is -2.41. The molecule has 1 N–H and O–H groups in total. The molecule has 3 aromatic rings. The molecule has 0 saturated heterocycles. The molecule has 5 nitrogen and oxygen atoms in total. The van der Waals surface area contributed by atoms with Crippen LogP contribution < -0.4 is 9.64 Å². The predicted molar refractivity (Wildman–Crippen MR) is 110 cm³/mol. The van der Waals surface area contributed by atoms with Crippen molar-refractivity contribution in [2.24, 2.45) is 0 Å². The molecule has 3 aromatic carbocycles. The van der Waals surface area contributed by atoms with Crippen molar-refractivity contribution in [2.75, 3.05) is 12.0 Å². The van der Waals surface area contributed by atoms with Crippen LogP contribution in [0, 0.1) is 0 Å². The van der Waals surface area contributed by atoms with Crippen LogP contribution >= 0.6 is 0 Å². The molecule has 1 atom stereocenters. The summed E-state index contributed by atoms with van der Waals surface area (Å²) in [6, 6.07) is 23.3. The lowest BCUT2D eigenvalue weighted by Gasteiger charge is -2.23. The van der Waals surface area contributed by atoms with Gasteiger partial charge >= 0.3 is 0 Å². The summed E-state index contributed by atoms with van der Waals surface area (Å²) in [5.74, 6) is -0.152. The van der Waals surface area contributed by atoms with E-state index in [0.717, 1.165) is 5.56 Å². The van der Waals surface area contributed by atoms with E-state index in [2.05, 4.69) is 0 Å². The van der Waals surface area contributed by atoms with Gasteiger partial charge in [-0.3, -0.25) is 9.59 Å². The molecular weight excluding hydrogens is 366 g/mol. The third-order valence-corrected chi connectivity index (χ3v) is 5.25. The normalized spacial score (nSPS) is 17.9. The minimum Gasteiger partial charge on any atom is -0.497 e. The van der Waals surface area contributed by atoms with Gasteiger partial charge in [-0.2, -0.15) is 0 Å². The molecule has 1 amide bonds. The molecule has 0 aromatic heterocycles. The summed E-state index contributed by atoms with van der Waals surface area (Å²) in [6.07, 6.45) is -0.319. The van der Waals surface area contributed by atoms with Gasteiger partial charge < -0.3 is 14.7 Å². The smallest absolute Gasteiger partial charge is 0.264 e. The summed E-state index contributed by atoms with van der Waals surface area (Å²) < 4.78 is 5.11. The van der Waals surface area contributed by atoms with Crippen molar-refractivity contribution in [3.63, 3.8) is 0 Å². The number of ether oxygens (including phenoxy) is 1. The molecule has 5 heteroatoms. The van der Waals surface area contributed by atoms with Gasteiger partial charge in [0.2, 0.25) is 0 Å². The first-order valence-corrected chi connectivity index (χ1v) is 9.38. The molecule has 29 heavy (non-hydrogen) atoms. The second kappa shape index (κ2) is 7.53. The number of fused-ring (bicyclic) bond motifs is 1. The Morgan fingerprint density at radius 3 is 2.31 bits per heavy atom. The maximum atomic E-state index is 13.3. The van der Waals surface area contributed by atoms with Gasteiger partial charge in [0, 0.05) is 11.1 Å². The molecule has 0 saturated carbocycles. The zero-order valence-electron chi connectivity index (χ0n) is 16.0. The topological polar surface area (TPSA) is 66.8 Å². The number of para-hydroxylation sites is 1. The van der Waals surface area contributed by atoms with Gasteiger partial charge in [0.05, 0.1) is 25.8 Å². The number of carbonyl (C=O) groups is 2. The molecule has 0 aliphatic carbocycles. The third-order valence-electron chi connectivity index (χ3n) is 5.25. The summed E-state index contributed by atoms with van der Waals surface area (Å²) in [6.45, 7) is 0.329. The van der Waals surface area contributed by atoms with Crippen molar-refractivity contribution < 1.29 is 19.4 Å². The first-order chi connectivity index (χ1) is 14.0. The van der Waals surface area contributed by atoms with Crippen LogP contribution in [0.1, 0.15) is 27.9 Å². The van der Waals surface area contributed by atoms with E-state index >= 15 is 0 Å². The Morgan fingerprint density at radius 1 is 0.966 bits per heavy atom. The predicted octanol–water partition coefficient (Wildman–Crippen LogP) is 3.70. The number of benzene rings is 3. The fourth-order valence-electron chi connectivity index (χ4n) is 3.71. The van der Waals surface area contributed by atoms with Gasteiger partial charge in [0.25, 0.3) is 5.91 Å². The Hall–Kier alpha value is -3.44. The van der Waals surface area contributed by atoms with Gasteiger partial charge in [-0.25, -0.2) is 0 Å². The van der Waals surface area contributed by atoms with E-state index in [-0.39, 0.29) is 12.2 Å². The lowest BCUT2D eigenvalue weighted by molar-refractivity contribution is -0.136. The summed E-state index contributed by atoms with van der Waals surface area (Å²) >= 11 is 0. The molecule has 146 valence electrons. The zero-order chi connectivity index (χ0) is 20.4. The molecule has 4 rings (SSSR count). The SMILES string of the molecule is COc1ccc(C(=O)C[C@]2(O)C(=O)N(Cc3ccccc3)c3ccccc32)cc1. The van der Waals surface area contributed by atoms with Gasteiger partial charge in [-0.1, -0.05) is 48.5 Å². The van der Waals surface area contributed by atoms with Crippen molar-refractivity contribution in [3.05, 3.63) is 95.6 Å². The van der Waals surface area contributed by atoms with Crippen molar-refractivity contribution in [1.82, 2.24) is 0 Å². The van der Waals surface area contributed by atoms with Crippen LogP contribution in [0.5, 0.6) is 5.75 Å². The molecule has 1 aliphatic rings. The second-order valence-corrected chi connectivity index (χ2v) is 7.08. The molecular formula is C24H21NO4. The standard InChI is InChI=1S/C24H21NO4/c1-29-19-13-11-18(12-14-19)22(26)15-24(28)20-9-5-6-10-21(20)25(23(24)27)16-17-7-3-2-4-8-17/h2-14,28H,15-16H2,1H3/t24-/m1/s1. The number of methoxy groups -OCH3 is 1. The van der Waals surface area contributed by atoms with Crippen LogP contribution in [0.3, 0.4) is 0 Å². The van der Waals surface area contributed by atoms with Crippen LogP contribution in [0.4, 0.5) is 5.69 Å². The maximum absolute atomic E-state index is 13.3. The summed E-state index contributed by atoms with van der Waals surface area (Å²) in [7, 11) is 1.55. The van der Waals surface area contributed by atoms with Crippen LogP contribution in [-0.4, -0.2) is 23.9 Å². The zero-order valence-corrected chi connectivity index (χ0v) is 16.0. The third kappa shape index (κ3) is 3.41. The second-order valence-electron chi connectivity index (χ2n) is 7.08. The minimum absolute atomic E-state index is 0.306. The van der Waals surface area contributed by atoms with Crippen molar-refractivity contribution >= 4 is 17.4 Å². The maximum Gasteiger partial charge on any atom is 0.264 e. The lowest BCUT2D eigenvalue weighted by atomic mass is 9.88. The van der Waals surface area contributed by atoms with Crippen molar-refractivity contribution in [1.29, 1.82) is 0 Å². The highest BCUT2D eigenvalue weighted by Gasteiger charge is 2.50. The molecule has 0 fully saturated rings. The number of ketones is 1. The van der Waals surface area contributed by atoms with E-state index in [1.54, 1.807) is 54.5 Å². The Morgan fingerprint density at radius 2 is 1.62 bits per heavy atom. The van der Waals surface area contributed by atoms with E-state index in [1.165, 1.54) is 0 Å². The summed E-state index contributed by atoms with van der Waals surface area (Å²) in [5.41, 5.74) is 0.573. The first-order valence-electron chi connectivity index (χ1n) is 9.38. The number of amides is 1. The van der Waals surface area contributed by atoms with E-state index < -0.39 is 11.5 Å². The summed E-state index contributed by atoms with van der Waals surface area (Å²) in [5, 5.41) is 11.4. The number of hydrogen-bond donors (Lipinski definition) is 1. The van der Waals surface area contributed by atoms with Crippen LogP contribution in [0.25, 0.3) is 0 Å². The van der Waals surface area contributed by atoms with Gasteiger partial charge in [-0.15, -0.1) is 0 Å². The average Bonchev–Trinajstić information content (AvgIpc) is 2.96. The highest BCUT2D eigenvalue weighted by Crippen LogP contribution is 2.43. The number of carbonyl (C=O) groups excluding carboxylic acids is 2. The number of hydrogen-bond acceptors (Lipinski definition) is 4. The molecule has 0 bridgehead atoms. The number of nitrogens with zero attached hydrogens (tertiary/aromatic N) is 1. The monoisotopic (exact) mass is 387 g/mol. The molecule has 0 radical (unpaired) electrons. The van der Waals surface area contributed by atoms with E-state index in [9.17, 15) is 14.7 Å². The van der Waals surface area contributed by atoms with Crippen molar-refractivity contribution in [2.45, 2.75) is 18.6 Å². The quantitative estimate of drug-likeness (QED) is 0.655. The largest absolute Gasteiger partial charge is 0.497 e. The Bertz CT molecular complexity index is 1050. The van der Waals surface area contributed by atoms with E-state index in [0.29, 0.717) is 29.1 Å². The van der Waals surface area contributed by atoms with Crippen molar-refractivity contribution in [3.8, 4) is 5.75 Å². The highest BCUT2D eigenvalue weighted by atomic mass is 16.5. The van der Waals surface area contributed by atoms with Gasteiger partial charge in [-0.05, 0) is 35.9 Å². The Labute approximate surface area is 169 Å². The number of aliphatic hydroxyl groups is 1. The number of Topliss-reactive ketones (excluding diaryl/α,β-unsaturated/α-hetero) is 1. The van der Waals surface area contributed by atoms with Gasteiger partial charge in [0.1, 0.15) is 5.75 Å². The summed E-state index contributed by atoms with van der Waals surface area (Å²) in [4.78, 5) is 27.7.